The summed E-state index contributed by atoms with van der Waals surface area (Å²) in [6, 6.07) is 14.3. The molecule has 2 heterocycles. The standard InChI is InChI=1S/C19H19N3O2S/c1-2-15-5-7-18(8-6-15)25(23,24)22-13-16-9-11-21-19(12-16)17-4-3-10-20-14-17/h3-12,14,22H,2,13H2,1H3. The van der Waals surface area contributed by atoms with Crippen LogP contribution in [-0.2, 0) is 23.0 Å². The average molecular weight is 353 g/mol. The van der Waals surface area contributed by atoms with Gasteiger partial charge in [-0.05, 0) is 53.9 Å². The van der Waals surface area contributed by atoms with Crippen LogP contribution in [0.25, 0.3) is 11.3 Å². The van der Waals surface area contributed by atoms with E-state index in [1.54, 1.807) is 36.8 Å². The van der Waals surface area contributed by atoms with E-state index in [4.69, 9.17) is 0 Å². The second-order valence-electron chi connectivity index (χ2n) is 5.61. The van der Waals surface area contributed by atoms with Gasteiger partial charge in [0.1, 0.15) is 0 Å². The van der Waals surface area contributed by atoms with Gasteiger partial charge in [0.2, 0.25) is 10.0 Å². The van der Waals surface area contributed by atoms with Gasteiger partial charge < -0.3 is 0 Å². The highest BCUT2D eigenvalue weighted by molar-refractivity contribution is 7.89. The van der Waals surface area contributed by atoms with Crippen molar-refractivity contribution < 1.29 is 8.42 Å². The van der Waals surface area contributed by atoms with Gasteiger partial charge in [0, 0.05) is 30.7 Å². The first-order valence-corrected chi connectivity index (χ1v) is 9.51. The number of hydrogen-bond acceptors (Lipinski definition) is 4. The lowest BCUT2D eigenvalue weighted by Gasteiger charge is -2.08. The van der Waals surface area contributed by atoms with Crippen molar-refractivity contribution in [3.05, 3.63) is 78.2 Å². The molecular weight excluding hydrogens is 334 g/mol. The Labute approximate surface area is 147 Å². The fraction of sp³-hybridized carbons (Fsp3) is 0.158. The molecule has 5 nitrogen and oxygen atoms in total. The highest BCUT2D eigenvalue weighted by atomic mass is 32.2. The third kappa shape index (κ3) is 4.29. The van der Waals surface area contributed by atoms with Gasteiger partial charge in [-0.3, -0.25) is 9.97 Å². The van der Waals surface area contributed by atoms with Gasteiger partial charge in [0.15, 0.2) is 0 Å². The average Bonchev–Trinajstić information content (AvgIpc) is 2.67. The van der Waals surface area contributed by atoms with E-state index >= 15 is 0 Å². The van der Waals surface area contributed by atoms with Crippen LogP contribution in [0, 0.1) is 0 Å². The first-order chi connectivity index (χ1) is 12.1. The summed E-state index contributed by atoms with van der Waals surface area (Å²) < 4.78 is 27.5. The topological polar surface area (TPSA) is 72.0 Å². The van der Waals surface area contributed by atoms with E-state index in [1.807, 2.05) is 37.3 Å². The van der Waals surface area contributed by atoms with E-state index in [1.165, 1.54) is 0 Å². The van der Waals surface area contributed by atoms with Crippen molar-refractivity contribution in [3.63, 3.8) is 0 Å². The second kappa shape index (κ2) is 7.55. The van der Waals surface area contributed by atoms with Crippen LogP contribution >= 0.6 is 0 Å². The molecule has 6 heteroatoms. The Kier molecular flexibility index (Phi) is 5.21. The minimum Gasteiger partial charge on any atom is -0.264 e. The molecule has 0 bridgehead atoms. The van der Waals surface area contributed by atoms with Crippen molar-refractivity contribution in [2.45, 2.75) is 24.8 Å². The predicted molar refractivity (Wildman–Crippen MR) is 97.3 cm³/mol. The van der Waals surface area contributed by atoms with Crippen molar-refractivity contribution in [2.24, 2.45) is 0 Å². The largest absolute Gasteiger partial charge is 0.264 e. The quantitative estimate of drug-likeness (QED) is 0.739. The number of benzene rings is 1. The molecule has 25 heavy (non-hydrogen) atoms. The van der Waals surface area contributed by atoms with Crippen molar-refractivity contribution in [3.8, 4) is 11.3 Å². The summed E-state index contributed by atoms with van der Waals surface area (Å²) >= 11 is 0. The van der Waals surface area contributed by atoms with E-state index in [0.717, 1.165) is 28.8 Å². The predicted octanol–water partition coefficient (Wildman–Crippen LogP) is 3.18. The number of nitrogens with zero attached hydrogens (tertiary/aromatic N) is 2. The lowest BCUT2D eigenvalue weighted by molar-refractivity contribution is 0.581. The Morgan fingerprint density at radius 2 is 1.80 bits per heavy atom. The van der Waals surface area contributed by atoms with Gasteiger partial charge in [0.05, 0.1) is 10.6 Å². The molecule has 0 aliphatic carbocycles. The molecule has 0 fully saturated rings. The van der Waals surface area contributed by atoms with Crippen LogP contribution in [0.2, 0.25) is 0 Å². The van der Waals surface area contributed by atoms with E-state index in [2.05, 4.69) is 14.7 Å². The summed E-state index contributed by atoms with van der Waals surface area (Å²) in [5, 5.41) is 0. The zero-order valence-corrected chi connectivity index (χ0v) is 14.7. The number of rotatable bonds is 6. The fourth-order valence-electron chi connectivity index (χ4n) is 2.42. The first-order valence-electron chi connectivity index (χ1n) is 8.02. The van der Waals surface area contributed by atoms with Crippen molar-refractivity contribution in [1.29, 1.82) is 0 Å². The third-order valence-electron chi connectivity index (χ3n) is 3.89. The van der Waals surface area contributed by atoms with Crippen LogP contribution < -0.4 is 4.72 Å². The molecule has 1 N–H and O–H groups in total. The molecule has 0 aliphatic heterocycles. The zero-order valence-electron chi connectivity index (χ0n) is 13.9. The summed E-state index contributed by atoms with van der Waals surface area (Å²) in [6.45, 7) is 2.23. The molecule has 0 aliphatic rings. The lowest BCUT2D eigenvalue weighted by atomic mass is 10.1. The van der Waals surface area contributed by atoms with Crippen LogP contribution in [0.1, 0.15) is 18.1 Å². The molecule has 0 atom stereocenters. The van der Waals surface area contributed by atoms with E-state index in [9.17, 15) is 8.42 Å². The summed E-state index contributed by atoms with van der Waals surface area (Å²) in [5.74, 6) is 0. The van der Waals surface area contributed by atoms with Gasteiger partial charge in [-0.1, -0.05) is 19.1 Å². The molecule has 128 valence electrons. The highest BCUT2D eigenvalue weighted by Crippen LogP contribution is 2.17. The zero-order chi connectivity index (χ0) is 17.7. The molecule has 0 unspecified atom stereocenters. The summed E-state index contributed by atoms with van der Waals surface area (Å²) in [4.78, 5) is 8.66. The number of sulfonamides is 1. The smallest absolute Gasteiger partial charge is 0.240 e. The Bertz CT molecular complexity index is 940. The molecule has 0 saturated heterocycles. The van der Waals surface area contributed by atoms with Crippen molar-refractivity contribution >= 4 is 10.0 Å². The third-order valence-corrected chi connectivity index (χ3v) is 5.31. The maximum Gasteiger partial charge on any atom is 0.240 e. The number of aryl methyl sites for hydroxylation is 1. The fourth-order valence-corrected chi connectivity index (χ4v) is 3.44. The first kappa shape index (κ1) is 17.3. The van der Waals surface area contributed by atoms with E-state index in [-0.39, 0.29) is 11.4 Å². The summed E-state index contributed by atoms with van der Waals surface area (Å²) in [5.41, 5.74) is 3.59. The molecule has 3 aromatic rings. The van der Waals surface area contributed by atoms with Crippen LogP contribution in [0.4, 0.5) is 0 Å². The molecule has 0 spiro atoms. The SMILES string of the molecule is CCc1ccc(S(=O)(=O)NCc2ccnc(-c3cccnc3)c2)cc1. The number of pyridine rings is 2. The van der Waals surface area contributed by atoms with Gasteiger partial charge in [0.25, 0.3) is 0 Å². The Balaban J connectivity index is 1.74. The Morgan fingerprint density at radius 1 is 1.00 bits per heavy atom. The monoisotopic (exact) mass is 353 g/mol. The van der Waals surface area contributed by atoms with E-state index in [0.29, 0.717) is 0 Å². The van der Waals surface area contributed by atoms with Gasteiger partial charge in [-0.15, -0.1) is 0 Å². The number of nitrogens with one attached hydrogen (secondary N) is 1. The summed E-state index contributed by atoms with van der Waals surface area (Å²) in [6.07, 6.45) is 5.97. The molecule has 0 amide bonds. The van der Waals surface area contributed by atoms with Gasteiger partial charge in [-0.2, -0.15) is 0 Å². The molecule has 2 aromatic heterocycles. The van der Waals surface area contributed by atoms with Crippen LogP contribution in [-0.4, -0.2) is 18.4 Å². The minimum atomic E-state index is -3.54. The molecule has 1 aromatic carbocycles. The van der Waals surface area contributed by atoms with Crippen LogP contribution in [0.15, 0.2) is 72.0 Å². The Hall–Kier alpha value is -2.57. The molecule has 0 saturated carbocycles. The minimum absolute atomic E-state index is 0.202. The van der Waals surface area contributed by atoms with Crippen LogP contribution in [0.3, 0.4) is 0 Å². The number of hydrogen-bond donors (Lipinski definition) is 1. The molecule has 0 radical (unpaired) electrons. The normalized spacial score (nSPS) is 11.4. The van der Waals surface area contributed by atoms with Crippen molar-refractivity contribution in [1.82, 2.24) is 14.7 Å². The van der Waals surface area contributed by atoms with Gasteiger partial charge in [-0.25, -0.2) is 13.1 Å². The molecular formula is C19H19N3O2S. The Morgan fingerprint density at radius 3 is 2.48 bits per heavy atom. The van der Waals surface area contributed by atoms with Crippen LogP contribution in [0.5, 0.6) is 0 Å². The number of aromatic nitrogens is 2. The summed E-state index contributed by atoms with van der Waals surface area (Å²) in [7, 11) is -3.54. The second-order valence-corrected chi connectivity index (χ2v) is 7.38. The molecule has 3 rings (SSSR count). The highest BCUT2D eigenvalue weighted by Gasteiger charge is 2.13. The van der Waals surface area contributed by atoms with Crippen molar-refractivity contribution in [2.75, 3.05) is 0 Å². The maximum atomic E-state index is 12.4. The lowest BCUT2D eigenvalue weighted by Crippen LogP contribution is -2.23. The van der Waals surface area contributed by atoms with E-state index < -0.39 is 10.0 Å². The maximum absolute atomic E-state index is 12.4. The van der Waals surface area contributed by atoms with Gasteiger partial charge >= 0.3 is 0 Å².